The van der Waals surface area contributed by atoms with Crippen LogP contribution < -0.4 is 4.90 Å². The summed E-state index contributed by atoms with van der Waals surface area (Å²) in [4.78, 5) is 13.2. The van der Waals surface area contributed by atoms with E-state index in [0.717, 1.165) is 18.7 Å². The maximum Gasteiger partial charge on any atom is 0.335 e. The van der Waals surface area contributed by atoms with Crippen LogP contribution in [0.5, 0.6) is 0 Å². The largest absolute Gasteiger partial charge is 0.478 e. The Labute approximate surface area is 112 Å². The Bertz CT molecular complexity index is 447. The van der Waals surface area contributed by atoms with Gasteiger partial charge in [-0.2, -0.15) is 0 Å². The summed E-state index contributed by atoms with van der Waals surface area (Å²) in [6.07, 6.45) is 4.72. The molecule has 1 aromatic rings. The quantitative estimate of drug-likeness (QED) is 0.905. The number of benzene rings is 1. The summed E-state index contributed by atoms with van der Waals surface area (Å²) >= 11 is 6.22. The topological polar surface area (TPSA) is 40.5 Å². The van der Waals surface area contributed by atoms with Crippen LogP contribution in [0, 0.1) is 0 Å². The van der Waals surface area contributed by atoms with E-state index in [-0.39, 0.29) is 5.56 Å². The zero-order valence-corrected chi connectivity index (χ0v) is 11.3. The van der Waals surface area contributed by atoms with Gasteiger partial charge in [0, 0.05) is 12.6 Å². The highest BCUT2D eigenvalue weighted by molar-refractivity contribution is 6.33. The number of piperidine rings is 1. The fourth-order valence-electron chi connectivity index (χ4n) is 2.62. The lowest BCUT2D eigenvalue weighted by Crippen LogP contribution is -2.39. The number of rotatable bonds is 3. The van der Waals surface area contributed by atoms with Gasteiger partial charge < -0.3 is 10.0 Å². The van der Waals surface area contributed by atoms with Crippen molar-refractivity contribution in [2.45, 2.75) is 38.6 Å². The van der Waals surface area contributed by atoms with E-state index in [1.54, 1.807) is 12.1 Å². The first-order valence-corrected chi connectivity index (χ1v) is 6.80. The van der Waals surface area contributed by atoms with E-state index in [1.807, 2.05) is 6.07 Å². The summed E-state index contributed by atoms with van der Waals surface area (Å²) in [5, 5.41) is 9.47. The standard InChI is InChI=1S/C14H18ClNO2/c1-2-11-5-3-4-8-16(11)13-7-6-10(14(17)18)9-12(13)15/h6-7,9,11H,2-5,8H2,1H3,(H,17,18). The minimum atomic E-state index is -0.936. The molecule has 0 amide bonds. The second-order valence-electron chi connectivity index (χ2n) is 4.72. The maximum atomic E-state index is 10.9. The molecule has 0 radical (unpaired) electrons. The Hall–Kier alpha value is -1.22. The molecule has 1 saturated heterocycles. The third-order valence-corrected chi connectivity index (χ3v) is 3.91. The van der Waals surface area contributed by atoms with E-state index >= 15 is 0 Å². The Morgan fingerprint density at radius 2 is 2.28 bits per heavy atom. The van der Waals surface area contributed by atoms with E-state index in [9.17, 15) is 4.79 Å². The molecule has 2 rings (SSSR count). The normalized spacial score (nSPS) is 19.9. The summed E-state index contributed by atoms with van der Waals surface area (Å²) < 4.78 is 0. The van der Waals surface area contributed by atoms with Crippen LogP contribution >= 0.6 is 11.6 Å². The van der Waals surface area contributed by atoms with Crippen LogP contribution in [0.15, 0.2) is 18.2 Å². The fourth-order valence-corrected chi connectivity index (χ4v) is 2.90. The van der Waals surface area contributed by atoms with E-state index in [2.05, 4.69) is 11.8 Å². The van der Waals surface area contributed by atoms with E-state index < -0.39 is 5.97 Å². The number of anilines is 1. The molecular weight excluding hydrogens is 250 g/mol. The molecule has 0 aliphatic carbocycles. The van der Waals surface area contributed by atoms with Crippen molar-refractivity contribution in [3.63, 3.8) is 0 Å². The SMILES string of the molecule is CCC1CCCCN1c1ccc(C(=O)O)cc1Cl. The smallest absolute Gasteiger partial charge is 0.335 e. The molecule has 98 valence electrons. The lowest BCUT2D eigenvalue weighted by Gasteiger charge is -2.37. The number of carboxylic acid groups (broad SMARTS) is 1. The molecule has 1 unspecified atom stereocenters. The van der Waals surface area contributed by atoms with Gasteiger partial charge >= 0.3 is 5.97 Å². The molecule has 1 aliphatic rings. The van der Waals surface area contributed by atoms with Gasteiger partial charge in [-0.3, -0.25) is 0 Å². The number of hydrogen-bond acceptors (Lipinski definition) is 2. The third-order valence-electron chi connectivity index (χ3n) is 3.60. The number of nitrogens with zero attached hydrogens (tertiary/aromatic N) is 1. The van der Waals surface area contributed by atoms with Crippen LogP contribution in [-0.4, -0.2) is 23.7 Å². The summed E-state index contributed by atoms with van der Waals surface area (Å²) in [7, 11) is 0. The van der Waals surface area contributed by atoms with Crippen LogP contribution in [0.2, 0.25) is 5.02 Å². The summed E-state index contributed by atoms with van der Waals surface area (Å²) in [5.41, 5.74) is 1.21. The summed E-state index contributed by atoms with van der Waals surface area (Å²) in [5.74, 6) is -0.936. The van der Waals surface area contributed by atoms with E-state index in [4.69, 9.17) is 16.7 Å². The molecule has 0 saturated carbocycles. The van der Waals surface area contributed by atoms with Crippen molar-refractivity contribution in [1.82, 2.24) is 0 Å². The van der Waals surface area contributed by atoms with Crippen molar-refractivity contribution in [3.8, 4) is 0 Å². The second-order valence-corrected chi connectivity index (χ2v) is 5.13. The molecule has 4 heteroatoms. The zero-order valence-electron chi connectivity index (χ0n) is 10.5. The molecule has 1 atom stereocenters. The third kappa shape index (κ3) is 2.61. The minimum absolute atomic E-state index is 0.244. The Balaban J connectivity index is 2.29. The predicted octanol–water partition coefficient (Wildman–Crippen LogP) is 3.81. The van der Waals surface area contributed by atoms with Crippen LogP contribution in [0.25, 0.3) is 0 Å². The molecule has 18 heavy (non-hydrogen) atoms. The number of carbonyl (C=O) groups is 1. The van der Waals surface area contributed by atoms with Gasteiger partial charge in [-0.25, -0.2) is 4.79 Å². The van der Waals surface area contributed by atoms with Gasteiger partial charge in [0.05, 0.1) is 16.3 Å². The van der Waals surface area contributed by atoms with Crippen molar-refractivity contribution >= 4 is 23.3 Å². The zero-order chi connectivity index (χ0) is 13.1. The highest BCUT2D eigenvalue weighted by Gasteiger charge is 2.23. The van der Waals surface area contributed by atoms with Crippen molar-refractivity contribution in [2.24, 2.45) is 0 Å². The number of halogens is 1. The lowest BCUT2D eigenvalue weighted by atomic mass is 9.99. The van der Waals surface area contributed by atoms with Gasteiger partial charge in [-0.05, 0) is 43.9 Å². The van der Waals surface area contributed by atoms with Crippen molar-refractivity contribution in [2.75, 3.05) is 11.4 Å². The van der Waals surface area contributed by atoms with Crippen LogP contribution in [0.4, 0.5) is 5.69 Å². The van der Waals surface area contributed by atoms with Gasteiger partial charge in [0.15, 0.2) is 0 Å². The molecule has 0 spiro atoms. The average molecular weight is 268 g/mol. The second kappa shape index (κ2) is 5.61. The summed E-state index contributed by atoms with van der Waals surface area (Å²) in [6, 6.07) is 5.53. The highest BCUT2D eigenvalue weighted by atomic mass is 35.5. The van der Waals surface area contributed by atoms with Crippen molar-refractivity contribution < 1.29 is 9.90 Å². The maximum absolute atomic E-state index is 10.9. The monoisotopic (exact) mass is 267 g/mol. The fraction of sp³-hybridized carbons (Fsp3) is 0.500. The molecule has 0 aromatic heterocycles. The Kier molecular flexibility index (Phi) is 4.12. The molecule has 1 N–H and O–H groups in total. The Morgan fingerprint density at radius 3 is 2.89 bits per heavy atom. The summed E-state index contributed by atoms with van der Waals surface area (Å²) in [6.45, 7) is 3.19. The van der Waals surface area contributed by atoms with Gasteiger partial charge in [0.25, 0.3) is 0 Å². The van der Waals surface area contributed by atoms with Crippen LogP contribution in [-0.2, 0) is 0 Å². The Morgan fingerprint density at radius 1 is 1.50 bits per heavy atom. The van der Waals surface area contributed by atoms with Crippen molar-refractivity contribution in [3.05, 3.63) is 28.8 Å². The highest BCUT2D eigenvalue weighted by Crippen LogP contribution is 2.32. The molecule has 1 heterocycles. The van der Waals surface area contributed by atoms with Gasteiger partial charge in [0.2, 0.25) is 0 Å². The molecule has 3 nitrogen and oxygen atoms in total. The molecule has 1 aliphatic heterocycles. The first-order valence-electron chi connectivity index (χ1n) is 6.43. The molecule has 1 fully saturated rings. The van der Waals surface area contributed by atoms with Crippen LogP contribution in [0.1, 0.15) is 43.0 Å². The van der Waals surface area contributed by atoms with E-state index in [1.165, 1.54) is 19.3 Å². The number of carboxylic acids is 1. The van der Waals surface area contributed by atoms with Gasteiger partial charge in [0.1, 0.15) is 0 Å². The molecular formula is C14H18ClNO2. The minimum Gasteiger partial charge on any atom is -0.478 e. The van der Waals surface area contributed by atoms with Crippen molar-refractivity contribution in [1.29, 1.82) is 0 Å². The lowest BCUT2D eigenvalue weighted by molar-refractivity contribution is 0.0697. The van der Waals surface area contributed by atoms with E-state index in [0.29, 0.717) is 11.1 Å². The molecule has 1 aromatic carbocycles. The first-order chi connectivity index (χ1) is 8.63. The van der Waals surface area contributed by atoms with Gasteiger partial charge in [-0.1, -0.05) is 18.5 Å². The molecule has 0 bridgehead atoms. The van der Waals surface area contributed by atoms with Crippen LogP contribution in [0.3, 0.4) is 0 Å². The number of hydrogen-bond donors (Lipinski definition) is 1. The average Bonchev–Trinajstić information content (AvgIpc) is 2.38. The first kappa shape index (κ1) is 13.2. The predicted molar refractivity (Wildman–Crippen MR) is 73.7 cm³/mol. The number of aromatic carboxylic acids is 1. The van der Waals surface area contributed by atoms with Gasteiger partial charge in [-0.15, -0.1) is 0 Å².